The Labute approximate surface area is 102 Å². The number of nitrogens with zero attached hydrogens (tertiary/aromatic N) is 1. The highest BCUT2D eigenvalue weighted by Gasteiger charge is 2.34. The lowest BCUT2D eigenvalue weighted by Crippen LogP contribution is -2.41. The van der Waals surface area contributed by atoms with E-state index in [0.717, 1.165) is 6.54 Å². The molecule has 0 radical (unpaired) electrons. The van der Waals surface area contributed by atoms with Crippen molar-refractivity contribution in [3.05, 3.63) is 0 Å². The second-order valence-corrected chi connectivity index (χ2v) is 5.58. The summed E-state index contributed by atoms with van der Waals surface area (Å²) in [6.45, 7) is 9.38. The van der Waals surface area contributed by atoms with Gasteiger partial charge in [0.2, 0.25) is 0 Å². The standard InChI is InChI=1S/C14H30N2/c1-4-6-11-16(3)13-14(12-15-5-2)9-7-8-10-14/h15H,4-13H2,1-3H3. The van der Waals surface area contributed by atoms with Crippen LogP contribution in [0.3, 0.4) is 0 Å². The molecule has 0 heterocycles. The molecular weight excluding hydrogens is 196 g/mol. The molecule has 0 aromatic carbocycles. The van der Waals surface area contributed by atoms with Gasteiger partial charge >= 0.3 is 0 Å². The Morgan fingerprint density at radius 1 is 1.19 bits per heavy atom. The largest absolute Gasteiger partial charge is 0.316 e. The maximum Gasteiger partial charge on any atom is 0.00471 e. The molecule has 16 heavy (non-hydrogen) atoms. The van der Waals surface area contributed by atoms with Gasteiger partial charge in [-0.1, -0.05) is 33.1 Å². The van der Waals surface area contributed by atoms with Crippen LogP contribution in [0, 0.1) is 5.41 Å². The predicted molar refractivity (Wildman–Crippen MR) is 71.8 cm³/mol. The molecule has 0 aliphatic heterocycles. The van der Waals surface area contributed by atoms with Crippen LogP contribution in [0.15, 0.2) is 0 Å². The Bertz CT molecular complexity index is 174. The van der Waals surface area contributed by atoms with Crippen molar-refractivity contribution in [3.8, 4) is 0 Å². The summed E-state index contributed by atoms with van der Waals surface area (Å²) in [6.07, 6.45) is 8.38. The quantitative estimate of drug-likeness (QED) is 0.684. The lowest BCUT2D eigenvalue weighted by atomic mass is 9.85. The van der Waals surface area contributed by atoms with Crippen molar-refractivity contribution in [3.63, 3.8) is 0 Å². The van der Waals surface area contributed by atoms with Crippen LogP contribution in [0.5, 0.6) is 0 Å². The van der Waals surface area contributed by atoms with Crippen molar-refractivity contribution in [2.45, 2.75) is 52.4 Å². The molecule has 1 rings (SSSR count). The van der Waals surface area contributed by atoms with Crippen LogP contribution in [0.25, 0.3) is 0 Å². The Hall–Kier alpha value is -0.0800. The van der Waals surface area contributed by atoms with Crippen molar-refractivity contribution in [2.24, 2.45) is 5.41 Å². The van der Waals surface area contributed by atoms with Gasteiger partial charge in [-0.3, -0.25) is 0 Å². The fraction of sp³-hybridized carbons (Fsp3) is 1.00. The fourth-order valence-corrected chi connectivity index (χ4v) is 2.99. The third-order valence-electron chi connectivity index (χ3n) is 3.91. The molecule has 0 spiro atoms. The zero-order valence-electron chi connectivity index (χ0n) is 11.5. The van der Waals surface area contributed by atoms with Gasteiger partial charge in [-0.15, -0.1) is 0 Å². The molecule has 0 aromatic heterocycles. The molecule has 2 heteroatoms. The summed E-state index contributed by atoms with van der Waals surface area (Å²) < 4.78 is 0. The van der Waals surface area contributed by atoms with Crippen molar-refractivity contribution >= 4 is 0 Å². The predicted octanol–water partition coefficient (Wildman–Crippen LogP) is 2.89. The van der Waals surface area contributed by atoms with Gasteiger partial charge in [0.25, 0.3) is 0 Å². The molecule has 1 N–H and O–H groups in total. The summed E-state index contributed by atoms with van der Waals surface area (Å²) in [4.78, 5) is 2.55. The molecule has 0 saturated heterocycles. The van der Waals surface area contributed by atoms with Crippen LogP contribution >= 0.6 is 0 Å². The smallest absolute Gasteiger partial charge is 0.00471 e. The van der Waals surface area contributed by atoms with E-state index >= 15 is 0 Å². The molecule has 0 unspecified atom stereocenters. The minimum absolute atomic E-state index is 0.582. The van der Waals surface area contributed by atoms with Crippen molar-refractivity contribution < 1.29 is 0 Å². The summed E-state index contributed by atoms with van der Waals surface area (Å²) >= 11 is 0. The molecule has 0 amide bonds. The highest BCUT2D eigenvalue weighted by Crippen LogP contribution is 2.38. The molecule has 1 aliphatic carbocycles. The van der Waals surface area contributed by atoms with Crippen molar-refractivity contribution in [2.75, 3.05) is 33.2 Å². The summed E-state index contributed by atoms with van der Waals surface area (Å²) in [5, 5.41) is 3.57. The van der Waals surface area contributed by atoms with E-state index in [0.29, 0.717) is 5.41 Å². The first-order valence-electron chi connectivity index (χ1n) is 7.12. The number of hydrogen-bond acceptors (Lipinski definition) is 2. The lowest BCUT2D eigenvalue weighted by molar-refractivity contribution is 0.172. The first-order valence-corrected chi connectivity index (χ1v) is 7.12. The molecule has 96 valence electrons. The van der Waals surface area contributed by atoms with E-state index < -0.39 is 0 Å². The normalized spacial score (nSPS) is 19.5. The summed E-state index contributed by atoms with van der Waals surface area (Å²) in [6, 6.07) is 0. The Morgan fingerprint density at radius 3 is 2.44 bits per heavy atom. The second kappa shape index (κ2) is 7.29. The van der Waals surface area contributed by atoms with E-state index in [4.69, 9.17) is 0 Å². The van der Waals surface area contributed by atoms with Crippen LogP contribution in [0.2, 0.25) is 0 Å². The molecule has 0 aromatic rings. The zero-order valence-corrected chi connectivity index (χ0v) is 11.5. The van der Waals surface area contributed by atoms with E-state index in [-0.39, 0.29) is 0 Å². The highest BCUT2D eigenvalue weighted by molar-refractivity contribution is 4.88. The number of nitrogens with one attached hydrogen (secondary N) is 1. The van der Waals surface area contributed by atoms with Crippen LogP contribution in [0.4, 0.5) is 0 Å². The van der Waals surface area contributed by atoms with Crippen molar-refractivity contribution in [1.29, 1.82) is 0 Å². The molecular formula is C14H30N2. The fourth-order valence-electron chi connectivity index (χ4n) is 2.99. The van der Waals surface area contributed by atoms with Crippen LogP contribution in [0.1, 0.15) is 52.4 Å². The van der Waals surface area contributed by atoms with Gasteiger partial charge in [0.1, 0.15) is 0 Å². The molecule has 1 fully saturated rings. The average Bonchev–Trinajstić information content (AvgIpc) is 2.72. The maximum atomic E-state index is 3.57. The van der Waals surface area contributed by atoms with Crippen LogP contribution in [-0.2, 0) is 0 Å². The molecule has 0 atom stereocenters. The maximum absolute atomic E-state index is 3.57. The van der Waals surface area contributed by atoms with E-state index in [1.807, 2.05) is 0 Å². The molecule has 0 bridgehead atoms. The summed E-state index contributed by atoms with van der Waals surface area (Å²) in [5.41, 5.74) is 0.582. The first-order chi connectivity index (χ1) is 7.72. The minimum Gasteiger partial charge on any atom is -0.316 e. The third-order valence-corrected chi connectivity index (χ3v) is 3.91. The topological polar surface area (TPSA) is 15.3 Å². The van der Waals surface area contributed by atoms with E-state index in [1.165, 1.54) is 58.2 Å². The van der Waals surface area contributed by atoms with Crippen LogP contribution < -0.4 is 5.32 Å². The van der Waals surface area contributed by atoms with Gasteiger partial charge < -0.3 is 10.2 Å². The molecule has 2 nitrogen and oxygen atoms in total. The van der Waals surface area contributed by atoms with E-state index in [1.54, 1.807) is 0 Å². The van der Waals surface area contributed by atoms with Gasteiger partial charge in [0.05, 0.1) is 0 Å². The Kier molecular flexibility index (Phi) is 6.37. The monoisotopic (exact) mass is 226 g/mol. The molecule has 1 saturated carbocycles. The van der Waals surface area contributed by atoms with Gasteiger partial charge in [0.15, 0.2) is 0 Å². The lowest BCUT2D eigenvalue weighted by Gasteiger charge is -2.34. The van der Waals surface area contributed by atoms with Gasteiger partial charge in [0, 0.05) is 13.1 Å². The number of hydrogen-bond donors (Lipinski definition) is 1. The second-order valence-electron chi connectivity index (χ2n) is 5.58. The number of rotatable bonds is 8. The first kappa shape index (κ1) is 14.0. The molecule has 1 aliphatic rings. The summed E-state index contributed by atoms with van der Waals surface area (Å²) in [5.74, 6) is 0. The summed E-state index contributed by atoms with van der Waals surface area (Å²) in [7, 11) is 2.29. The van der Waals surface area contributed by atoms with Crippen molar-refractivity contribution in [1.82, 2.24) is 10.2 Å². The van der Waals surface area contributed by atoms with Gasteiger partial charge in [-0.25, -0.2) is 0 Å². The van der Waals surface area contributed by atoms with E-state index in [9.17, 15) is 0 Å². The number of unbranched alkanes of at least 4 members (excludes halogenated alkanes) is 1. The SMILES string of the molecule is CCCCN(C)CC1(CNCC)CCCC1. The van der Waals surface area contributed by atoms with E-state index in [2.05, 4.69) is 31.1 Å². The highest BCUT2D eigenvalue weighted by atomic mass is 15.1. The zero-order chi connectivity index (χ0) is 11.9. The third kappa shape index (κ3) is 4.42. The Morgan fingerprint density at radius 2 is 1.88 bits per heavy atom. The minimum atomic E-state index is 0.582. The van der Waals surface area contributed by atoms with Crippen LogP contribution in [-0.4, -0.2) is 38.1 Å². The average molecular weight is 226 g/mol. The van der Waals surface area contributed by atoms with Gasteiger partial charge in [-0.2, -0.15) is 0 Å². The Balaban J connectivity index is 2.37. The van der Waals surface area contributed by atoms with Gasteiger partial charge in [-0.05, 0) is 44.8 Å².